The lowest BCUT2D eigenvalue weighted by Crippen LogP contribution is -2.62. The van der Waals surface area contributed by atoms with Crippen molar-refractivity contribution in [3.05, 3.63) is 10.6 Å². The maximum atomic E-state index is 13.1. The molecular formula is C20H31N5O8S3. The minimum Gasteiger partial charge on any atom is -0.477 e. The monoisotopic (exact) mass is 565 g/mol. The summed E-state index contributed by atoms with van der Waals surface area (Å²) in [7, 11) is -7.11. The summed E-state index contributed by atoms with van der Waals surface area (Å²) in [6, 6.07) is -1.32. The number of hydrogen-bond donors (Lipinski definition) is 5. The van der Waals surface area contributed by atoms with Crippen LogP contribution in [0.2, 0.25) is 0 Å². The van der Waals surface area contributed by atoms with Crippen LogP contribution in [-0.2, 0) is 34.4 Å². The average Bonchev–Trinajstić information content (AvgIpc) is 3.42. The van der Waals surface area contributed by atoms with Gasteiger partial charge in [0.15, 0.2) is 15.6 Å². The molecule has 1 amide bonds. The molecule has 0 aromatic carbocycles. The number of carboxylic acid groups (broad SMARTS) is 1. The number of rotatable bonds is 10. The lowest BCUT2D eigenvalue weighted by atomic mass is 9.73. The summed E-state index contributed by atoms with van der Waals surface area (Å²) < 4.78 is 47.9. The Morgan fingerprint density at radius 1 is 1.33 bits per heavy atom. The number of hydrogen-bond acceptors (Lipinski definition) is 10. The highest BCUT2D eigenvalue weighted by atomic mass is 32.2. The van der Waals surface area contributed by atoms with Gasteiger partial charge in [-0.1, -0.05) is 13.8 Å². The van der Waals surface area contributed by atoms with E-state index in [9.17, 15) is 36.3 Å². The van der Waals surface area contributed by atoms with Crippen LogP contribution in [0.4, 0.5) is 0 Å². The first-order valence-corrected chi connectivity index (χ1v) is 15.9. The number of carbonyl (C=O) groups excluding carboxylic acids is 2. The van der Waals surface area contributed by atoms with Crippen molar-refractivity contribution in [2.75, 3.05) is 24.7 Å². The van der Waals surface area contributed by atoms with Gasteiger partial charge in [-0.25, -0.2) is 23.1 Å². The van der Waals surface area contributed by atoms with Gasteiger partial charge >= 0.3 is 5.97 Å². The van der Waals surface area contributed by atoms with Gasteiger partial charge < -0.3 is 15.3 Å². The zero-order chi connectivity index (χ0) is 26.6. The third kappa shape index (κ3) is 5.49. The van der Waals surface area contributed by atoms with E-state index in [0.717, 1.165) is 0 Å². The second kappa shape index (κ2) is 9.96. The van der Waals surface area contributed by atoms with Crippen molar-refractivity contribution in [2.24, 2.45) is 22.9 Å². The number of amides is 1. The fourth-order valence-corrected chi connectivity index (χ4v) is 8.92. The summed E-state index contributed by atoms with van der Waals surface area (Å²) >= 11 is 1.38. The largest absolute Gasteiger partial charge is 0.477 e. The lowest BCUT2D eigenvalue weighted by Gasteiger charge is -2.47. The van der Waals surface area contributed by atoms with Crippen LogP contribution in [0.5, 0.6) is 0 Å². The Morgan fingerprint density at radius 3 is 2.61 bits per heavy atom. The molecule has 4 heterocycles. The molecule has 0 unspecified atom stereocenters. The zero-order valence-corrected chi connectivity index (χ0v) is 22.3. The van der Waals surface area contributed by atoms with Crippen LogP contribution in [-0.4, -0.2) is 92.6 Å². The minimum atomic E-state index is -3.81. The number of Topliss-reactive ketones (excluding diaryl/α,β-unsaturated/α-hetero) is 1. The summed E-state index contributed by atoms with van der Waals surface area (Å²) in [6.07, 6.45) is 0.608. The molecule has 7 atom stereocenters. The molecule has 0 aromatic rings. The molecule has 4 aliphatic rings. The molecule has 36 heavy (non-hydrogen) atoms. The Labute approximate surface area is 214 Å². The lowest BCUT2D eigenvalue weighted by molar-refractivity contribution is -0.160. The fraction of sp³-hybridized carbons (Fsp3) is 0.750. The van der Waals surface area contributed by atoms with Crippen LogP contribution in [0.1, 0.15) is 26.7 Å². The number of thioether (sulfide) groups is 1. The third-order valence-electron chi connectivity index (χ3n) is 7.29. The first-order chi connectivity index (χ1) is 16.7. The van der Waals surface area contributed by atoms with E-state index >= 15 is 0 Å². The molecule has 0 aliphatic carbocycles. The van der Waals surface area contributed by atoms with Crippen molar-refractivity contribution in [1.29, 1.82) is 0 Å². The van der Waals surface area contributed by atoms with Crippen molar-refractivity contribution >= 4 is 49.5 Å². The molecule has 0 aromatic heterocycles. The molecule has 0 spiro atoms. The molecule has 0 saturated carbocycles. The summed E-state index contributed by atoms with van der Waals surface area (Å²) in [5.41, 5.74) is -0.0352. The minimum absolute atomic E-state index is 0.0225. The van der Waals surface area contributed by atoms with E-state index in [-0.39, 0.29) is 71.2 Å². The highest BCUT2D eigenvalue weighted by Crippen LogP contribution is 2.53. The van der Waals surface area contributed by atoms with Gasteiger partial charge in [-0.15, -0.1) is 11.8 Å². The summed E-state index contributed by atoms with van der Waals surface area (Å²) in [6.45, 7) is 4.30. The van der Waals surface area contributed by atoms with Crippen molar-refractivity contribution in [3.8, 4) is 0 Å². The number of β-lactam (4-membered cyclic amide) rings is 1. The number of carboxylic acids is 1. The quantitative estimate of drug-likeness (QED) is 0.182. The highest BCUT2D eigenvalue weighted by molar-refractivity contribution is 8.03. The molecule has 0 bridgehead atoms. The van der Waals surface area contributed by atoms with E-state index in [1.807, 2.05) is 6.92 Å². The molecule has 202 valence electrons. The SMILES string of the molecule is C[C@@H](CC(=O)[C@@H]1CS(=O)(=O)CN1)[C@H]1C(=O)N2C(C(=O)O)=C(S[C@@H]3CN[C@H](CNS(N)(=O)=O)C3)[C@H](C)[C@H]12. The fourth-order valence-electron chi connectivity index (χ4n) is 5.58. The number of nitrogens with two attached hydrogens (primary N) is 1. The zero-order valence-electron chi connectivity index (χ0n) is 19.8. The molecule has 6 N–H and O–H groups in total. The smallest absolute Gasteiger partial charge is 0.353 e. The first-order valence-electron chi connectivity index (χ1n) is 11.6. The Hall–Kier alpha value is -1.56. The highest BCUT2D eigenvalue weighted by Gasteiger charge is 2.60. The van der Waals surface area contributed by atoms with Gasteiger partial charge in [0.05, 0.1) is 29.6 Å². The van der Waals surface area contributed by atoms with Gasteiger partial charge in [-0.05, 0) is 12.3 Å². The number of carbonyl (C=O) groups is 3. The molecular weight excluding hydrogens is 534 g/mol. The van der Waals surface area contributed by atoms with Crippen LogP contribution in [0.25, 0.3) is 0 Å². The van der Waals surface area contributed by atoms with Crippen LogP contribution in [0.15, 0.2) is 10.6 Å². The van der Waals surface area contributed by atoms with Crippen LogP contribution in [0.3, 0.4) is 0 Å². The van der Waals surface area contributed by atoms with Gasteiger partial charge in [-0.2, -0.15) is 8.42 Å². The van der Waals surface area contributed by atoms with Gasteiger partial charge in [0.2, 0.25) is 5.91 Å². The Morgan fingerprint density at radius 2 is 2.03 bits per heavy atom. The van der Waals surface area contributed by atoms with Crippen molar-refractivity contribution in [3.63, 3.8) is 0 Å². The van der Waals surface area contributed by atoms with E-state index in [1.54, 1.807) is 6.92 Å². The molecule has 4 aliphatic heterocycles. The topological polar surface area (TPSA) is 205 Å². The molecule has 0 radical (unpaired) electrons. The molecule has 13 nitrogen and oxygen atoms in total. The predicted octanol–water partition coefficient (Wildman–Crippen LogP) is -2.04. The average molecular weight is 566 g/mol. The van der Waals surface area contributed by atoms with E-state index in [4.69, 9.17) is 5.14 Å². The van der Waals surface area contributed by atoms with E-state index in [2.05, 4.69) is 15.4 Å². The maximum absolute atomic E-state index is 13.1. The van der Waals surface area contributed by atoms with Gasteiger partial charge in [-0.3, -0.25) is 14.9 Å². The third-order valence-corrected chi connectivity index (χ3v) is 10.8. The summed E-state index contributed by atoms with van der Waals surface area (Å²) in [4.78, 5) is 39.8. The second-order valence-corrected chi connectivity index (χ2v) is 14.8. The molecule has 3 saturated heterocycles. The number of fused-ring (bicyclic) bond motifs is 1. The normalized spacial score (nSPS) is 34.5. The number of sulfone groups is 1. The molecule has 4 rings (SSSR count). The van der Waals surface area contributed by atoms with Crippen molar-refractivity contribution < 1.29 is 36.3 Å². The predicted molar refractivity (Wildman–Crippen MR) is 131 cm³/mol. The number of aliphatic carboxylic acids is 1. The first kappa shape index (κ1) is 27.5. The van der Waals surface area contributed by atoms with Crippen LogP contribution < -0.4 is 20.5 Å². The summed E-state index contributed by atoms with van der Waals surface area (Å²) in [5.74, 6) is -3.46. The van der Waals surface area contributed by atoms with Gasteiger partial charge in [0.25, 0.3) is 10.2 Å². The number of nitrogens with zero attached hydrogens (tertiary/aromatic N) is 1. The standard InChI is InChI=1S/C20H31N5O8S3/c1-9(3-14(26)13-7-35(30,31)8-23-13)15-16-10(2)18(17(20(28)29)25(16)19(15)27)34-12-4-11(22-6-12)5-24-36(21,32)33/h9-13,15-16,22-24H,3-8H2,1-2H3,(H,28,29)(H2,21,32,33)/t9-,10+,11-,12-,13-,15+,16+/m0/s1. The van der Waals surface area contributed by atoms with Crippen LogP contribution >= 0.6 is 11.8 Å². The molecule has 3 fully saturated rings. The number of ketones is 1. The Bertz CT molecular complexity index is 1200. The van der Waals surface area contributed by atoms with Crippen LogP contribution in [0, 0.1) is 17.8 Å². The Balaban J connectivity index is 1.42. The van der Waals surface area contributed by atoms with E-state index in [1.165, 1.54) is 16.7 Å². The molecule has 16 heteroatoms. The maximum Gasteiger partial charge on any atom is 0.353 e. The van der Waals surface area contributed by atoms with E-state index < -0.39 is 38.0 Å². The van der Waals surface area contributed by atoms with Crippen molar-refractivity contribution in [2.45, 2.75) is 50.1 Å². The Kier molecular flexibility index (Phi) is 7.60. The van der Waals surface area contributed by atoms with Crippen molar-refractivity contribution in [1.82, 2.24) is 20.3 Å². The summed E-state index contributed by atoms with van der Waals surface area (Å²) in [5, 5.41) is 20.8. The van der Waals surface area contributed by atoms with E-state index in [0.29, 0.717) is 17.9 Å². The van der Waals surface area contributed by atoms with Gasteiger partial charge in [0.1, 0.15) is 5.70 Å². The van der Waals surface area contributed by atoms with Gasteiger partial charge in [0, 0.05) is 41.6 Å². The number of nitrogens with one attached hydrogen (secondary N) is 3. The second-order valence-electron chi connectivity index (χ2n) is 9.96.